The maximum Gasteiger partial charge on any atom is 0.264 e. The third-order valence-electron chi connectivity index (χ3n) is 2.66. The second kappa shape index (κ2) is 6.02. The minimum absolute atomic E-state index is 0.215. The molecule has 17 heavy (non-hydrogen) atoms. The minimum atomic E-state index is -3.87. The summed E-state index contributed by atoms with van der Waals surface area (Å²) in [4.78, 5) is 0. The van der Waals surface area contributed by atoms with Crippen LogP contribution in [-0.4, -0.2) is 18.7 Å². The van der Waals surface area contributed by atoms with Crippen molar-refractivity contribution < 1.29 is 13.0 Å². The van der Waals surface area contributed by atoms with Crippen LogP contribution >= 0.6 is 0 Å². The number of nitrogen functional groups attached to an aromatic ring is 1. The van der Waals surface area contributed by atoms with Crippen molar-refractivity contribution in [1.82, 2.24) is 0 Å². The van der Waals surface area contributed by atoms with Crippen LogP contribution in [0.2, 0.25) is 0 Å². The first-order valence-electron chi connectivity index (χ1n) is 5.75. The number of nitrogens with two attached hydrogens (primary N) is 1. The van der Waals surface area contributed by atoms with Crippen LogP contribution in [-0.2, 0) is 23.0 Å². The molecule has 0 heterocycles. The number of hydrogen-bond donors (Lipinski definition) is 2. The Kier molecular flexibility index (Phi) is 4.96. The van der Waals surface area contributed by atoms with Crippen LogP contribution in [0.3, 0.4) is 0 Å². The van der Waals surface area contributed by atoms with E-state index in [4.69, 9.17) is 10.3 Å². The smallest absolute Gasteiger partial charge is 0.264 e. The summed E-state index contributed by atoms with van der Waals surface area (Å²) >= 11 is 0. The van der Waals surface area contributed by atoms with Crippen molar-refractivity contribution in [3.8, 4) is 0 Å². The molecule has 0 aliphatic rings. The van der Waals surface area contributed by atoms with Crippen LogP contribution in [0.15, 0.2) is 18.2 Å². The van der Waals surface area contributed by atoms with Crippen LogP contribution in [0.25, 0.3) is 0 Å². The quantitative estimate of drug-likeness (QED) is 0.603. The lowest BCUT2D eigenvalue weighted by Gasteiger charge is -2.11. The van der Waals surface area contributed by atoms with E-state index in [-0.39, 0.29) is 5.75 Å². The molecule has 5 heteroatoms. The summed E-state index contributed by atoms with van der Waals surface area (Å²) in [6.07, 6.45) is 2.94. The van der Waals surface area contributed by atoms with E-state index in [2.05, 4.69) is 6.92 Å². The molecule has 0 aliphatic carbocycles. The summed E-state index contributed by atoms with van der Waals surface area (Å²) in [5.74, 6) is -0.215. The van der Waals surface area contributed by atoms with E-state index < -0.39 is 10.1 Å². The van der Waals surface area contributed by atoms with Crippen LogP contribution in [0.1, 0.15) is 30.9 Å². The average Bonchev–Trinajstić information content (AvgIpc) is 2.21. The van der Waals surface area contributed by atoms with E-state index in [1.165, 1.54) is 5.56 Å². The van der Waals surface area contributed by atoms with E-state index in [1.54, 1.807) is 0 Å². The van der Waals surface area contributed by atoms with Crippen molar-refractivity contribution >= 4 is 15.8 Å². The highest BCUT2D eigenvalue weighted by Crippen LogP contribution is 2.20. The Morgan fingerprint density at radius 2 is 2.00 bits per heavy atom. The Morgan fingerprint density at radius 3 is 2.59 bits per heavy atom. The van der Waals surface area contributed by atoms with Crippen molar-refractivity contribution in [2.24, 2.45) is 0 Å². The molecule has 0 radical (unpaired) electrons. The van der Waals surface area contributed by atoms with E-state index in [9.17, 15) is 8.42 Å². The largest absolute Gasteiger partial charge is 0.398 e. The van der Waals surface area contributed by atoms with Crippen LogP contribution in [0, 0.1) is 0 Å². The normalized spacial score (nSPS) is 11.6. The van der Waals surface area contributed by atoms with Gasteiger partial charge in [-0.15, -0.1) is 0 Å². The van der Waals surface area contributed by atoms with Gasteiger partial charge >= 0.3 is 0 Å². The molecule has 0 unspecified atom stereocenters. The predicted octanol–water partition coefficient (Wildman–Crippen LogP) is 2.04. The summed E-state index contributed by atoms with van der Waals surface area (Å²) in [6, 6.07) is 5.75. The number of aryl methyl sites for hydroxylation is 1. The lowest BCUT2D eigenvalue weighted by molar-refractivity contribution is 0.481. The van der Waals surface area contributed by atoms with Crippen molar-refractivity contribution in [3.05, 3.63) is 29.3 Å². The summed E-state index contributed by atoms with van der Waals surface area (Å²) in [6.45, 7) is 2.09. The fourth-order valence-corrected chi connectivity index (χ4v) is 2.40. The Morgan fingerprint density at radius 1 is 1.29 bits per heavy atom. The summed E-state index contributed by atoms with van der Waals surface area (Å²) < 4.78 is 30.0. The van der Waals surface area contributed by atoms with Crippen molar-refractivity contribution in [1.29, 1.82) is 0 Å². The second-order valence-corrected chi connectivity index (χ2v) is 5.70. The molecule has 0 saturated heterocycles. The van der Waals surface area contributed by atoms with Gasteiger partial charge in [0.15, 0.2) is 0 Å². The van der Waals surface area contributed by atoms with Gasteiger partial charge in [0.05, 0.1) is 5.75 Å². The van der Waals surface area contributed by atoms with E-state index in [1.807, 2.05) is 18.2 Å². The lowest BCUT2D eigenvalue weighted by atomic mass is 9.98. The lowest BCUT2D eigenvalue weighted by Crippen LogP contribution is -2.07. The first kappa shape index (κ1) is 14.0. The van der Waals surface area contributed by atoms with Gasteiger partial charge < -0.3 is 5.73 Å². The number of anilines is 1. The zero-order valence-corrected chi connectivity index (χ0v) is 10.8. The van der Waals surface area contributed by atoms with Crippen LogP contribution in [0.5, 0.6) is 0 Å². The molecular weight excluding hydrogens is 238 g/mol. The Bertz CT molecular complexity index is 469. The van der Waals surface area contributed by atoms with Crippen molar-refractivity contribution in [2.45, 2.75) is 32.6 Å². The van der Waals surface area contributed by atoms with Gasteiger partial charge in [-0.3, -0.25) is 4.55 Å². The molecular formula is C12H19NO3S. The summed E-state index contributed by atoms with van der Waals surface area (Å²) in [7, 11) is -3.87. The summed E-state index contributed by atoms with van der Waals surface area (Å²) in [5.41, 5.74) is 8.77. The maximum absolute atomic E-state index is 10.6. The zero-order valence-electron chi connectivity index (χ0n) is 10.0. The third kappa shape index (κ3) is 4.75. The molecule has 1 rings (SSSR count). The Balaban J connectivity index is 2.75. The monoisotopic (exact) mass is 257 g/mol. The molecule has 0 aromatic heterocycles. The molecule has 3 N–H and O–H groups in total. The Hall–Kier alpha value is -1.07. The first-order valence-corrected chi connectivity index (χ1v) is 7.36. The highest BCUT2D eigenvalue weighted by atomic mass is 32.2. The fourth-order valence-electron chi connectivity index (χ4n) is 1.89. The first-order chi connectivity index (χ1) is 7.94. The van der Waals surface area contributed by atoms with Gasteiger partial charge in [0, 0.05) is 5.69 Å². The van der Waals surface area contributed by atoms with E-state index >= 15 is 0 Å². The highest BCUT2D eigenvalue weighted by Gasteiger charge is 2.09. The van der Waals surface area contributed by atoms with E-state index in [0.29, 0.717) is 18.5 Å². The molecule has 0 bridgehead atoms. The number of rotatable bonds is 6. The van der Waals surface area contributed by atoms with Gasteiger partial charge in [0.2, 0.25) is 0 Å². The van der Waals surface area contributed by atoms with Gasteiger partial charge in [0.25, 0.3) is 10.1 Å². The SMILES string of the molecule is CCCc1cccc(N)c1CCCS(=O)(=O)O. The minimum Gasteiger partial charge on any atom is -0.398 e. The molecule has 4 nitrogen and oxygen atoms in total. The number of hydrogen-bond acceptors (Lipinski definition) is 3. The summed E-state index contributed by atoms with van der Waals surface area (Å²) in [5, 5.41) is 0. The topological polar surface area (TPSA) is 80.4 Å². The van der Waals surface area contributed by atoms with Crippen LogP contribution < -0.4 is 5.73 Å². The van der Waals surface area contributed by atoms with Crippen molar-refractivity contribution in [3.63, 3.8) is 0 Å². The second-order valence-electron chi connectivity index (χ2n) is 4.12. The van der Waals surface area contributed by atoms with Gasteiger partial charge in [0.1, 0.15) is 0 Å². The van der Waals surface area contributed by atoms with Gasteiger partial charge in [-0.05, 0) is 36.5 Å². The fraction of sp³-hybridized carbons (Fsp3) is 0.500. The highest BCUT2D eigenvalue weighted by molar-refractivity contribution is 7.85. The molecule has 1 aromatic carbocycles. The molecule has 0 saturated carbocycles. The predicted molar refractivity (Wildman–Crippen MR) is 69.6 cm³/mol. The molecule has 96 valence electrons. The third-order valence-corrected chi connectivity index (χ3v) is 3.46. The zero-order chi connectivity index (χ0) is 12.9. The molecule has 0 amide bonds. The van der Waals surface area contributed by atoms with Gasteiger partial charge in [-0.2, -0.15) is 8.42 Å². The Labute approximate surface area is 103 Å². The molecule has 0 aliphatic heterocycles. The van der Waals surface area contributed by atoms with E-state index in [0.717, 1.165) is 18.4 Å². The average molecular weight is 257 g/mol. The van der Waals surface area contributed by atoms with Gasteiger partial charge in [-0.25, -0.2) is 0 Å². The maximum atomic E-state index is 10.6. The number of benzene rings is 1. The molecule has 0 spiro atoms. The van der Waals surface area contributed by atoms with Crippen molar-refractivity contribution in [2.75, 3.05) is 11.5 Å². The van der Waals surface area contributed by atoms with Crippen LogP contribution in [0.4, 0.5) is 5.69 Å². The van der Waals surface area contributed by atoms with Gasteiger partial charge in [-0.1, -0.05) is 25.5 Å². The molecule has 0 atom stereocenters. The molecule has 0 fully saturated rings. The molecule has 1 aromatic rings. The standard InChI is InChI=1S/C12H19NO3S/c1-2-5-10-6-3-8-12(13)11(10)7-4-9-17(14,15)16/h3,6,8H,2,4-5,7,9,13H2,1H3,(H,14,15,16).